The molecule has 0 spiro atoms. The van der Waals surface area contributed by atoms with E-state index in [9.17, 15) is 5.11 Å². The Labute approximate surface area is 131 Å². The van der Waals surface area contributed by atoms with Gasteiger partial charge in [0.1, 0.15) is 24.6 Å². The molecule has 1 fully saturated rings. The number of aromatic nitrogens is 2. The second kappa shape index (κ2) is 7.94. The van der Waals surface area contributed by atoms with Gasteiger partial charge in [0.25, 0.3) is 0 Å². The fourth-order valence-electron chi connectivity index (χ4n) is 2.62. The third kappa shape index (κ3) is 4.56. The molecular weight excluding hydrogens is 282 g/mol. The van der Waals surface area contributed by atoms with Crippen molar-refractivity contribution in [3.05, 3.63) is 12.4 Å². The summed E-state index contributed by atoms with van der Waals surface area (Å²) in [4.78, 5) is 12.7. The topological polar surface area (TPSA) is 84.8 Å². The summed E-state index contributed by atoms with van der Waals surface area (Å²) in [7, 11) is 4.05. The molecule has 0 bridgehead atoms. The average Bonchev–Trinajstić information content (AvgIpc) is 2.84. The smallest absolute Gasteiger partial charge is 0.134 e. The lowest BCUT2D eigenvalue weighted by atomic mass is 10.2. The van der Waals surface area contributed by atoms with Crippen molar-refractivity contribution in [2.75, 3.05) is 50.6 Å². The largest absolute Gasteiger partial charge is 0.391 e. The third-order valence-corrected chi connectivity index (χ3v) is 3.48. The SMILES string of the molecule is CN(C)C[C@H]1C[C@@H](O)CN1c1cc(NCC#CCO)ncn1. The Balaban J connectivity index is 2.07. The molecule has 1 aliphatic rings. The quantitative estimate of drug-likeness (QED) is 0.626. The molecule has 2 rings (SSSR count). The Kier molecular flexibility index (Phi) is 5.95. The van der Waals surface area contributed by atoms with Crippen LogP contribution in [0.25, 0.3) is 0 Å². The van der Waals surface area contributed by atoms with E-state index in [4.69, 9.17) is 5.11 Å². The monoisotopic (exact) mass is 305 g/mol. The molecule has 1 aromatic heterocycles. The van der Waals surface area contributed by atoms with Gasteiger partial charge in [0.05, 0.1) is 12.6 Å². The molecule has 2 atom stereocenters. The molecule has 3 N–H and O–H groups in total. The van der Waals surface area contributed by atoms with Gasteiger partial charge in [-0.3, -0.25) is 0 Å². The maximum atomic E-state index is 9.95. The second-order valence-corrected chi connectivity index (χ2v) is 5.58. The van der Waals surface area contributed by atoms with E-state index in [0.717, 1.165) is 18.8 Å². The predicted octanol–water partition coefficient (Wildman–Crippen LogP) is -0.615. The number of anilines is 2. The predicted molar refractivity (Wildman–Crippen MR) is 85.7 cm³/mol. The first kappa shape index (κ1) is 16.5. The average molecular weight is 305 g/mol. The van der Waals surface area contributed by atoms with Gasteiger partial charge in [0.15, 0.2) is 0 Å². The van der Waals surface area contributed by atoms with Crippen LogP contribution in [-0.2, 0) is 0 Å². The Morgan fingerprint density at radius 3 is 2.95 bits per heavy atom. The summed E-state index contributed by atoms with van der Waals surface area (Å²) in [5, 5.41) is 21.6. The fourth-order valence-corrected chi connectivity index (χ4v) is 2.62. The molecule has 120 valence electrons. The van der Waals surface area contributed by atoms with Crippen molar-refractivity contribution in [1.29, 1.82) is 0 Å². The Morgan fingerprint density at radius 1 is 1.41 bits per heavy atom. The van der Waals surface area contributed by atoms with Crippen molar-refractivity contribution >= 4 is 11.6 Å². The van der Waals surface area contributed by atoms with E-state index in [1.165, 1.54) is 6.33 Å². The molecule has 0 aliphatic carbocycles. The zero-order valence-corrected chi connectivity index (χ0v) is 13.0. The highest BCUT2D eigenvalue weighted by molar-refractivity contribution is 5.50. The maximum Gasteiger partial charge on any atom is 0.134 e. The number of hydrogen-bond donors (Lipinski definition) is 3. The lowest BCUT2D eigenvalue weighted by Gasteiger charge is -2.27. The lowest BCUT2D eigenvalue weighted by Crippen LogP contribution is -2.38. The van der Waals surface area contributed by atoms with Crippen LogP contribution in [0.3, 0.4) is 0 Å². The van der Waals surface area contributed by atoms with Gasteiger partial charge in [-0.2, -0.15) is 0 Å². The van der Waals surface area contributed by atoms with Gasteiger partial charge in [-0.25, -0.2) is 9.97 Å². The Bertz CT molecular complexity index is 540. The van der Waals surface area contributed by atoms with Crippen molar-refractivity contribution in [2.45, 2.75) is 18.6 Å². The minimum absolute atomic E-state index is 0.144. The van der Waals surface area contributed by atoms with Gasteiger partial charge in [-0.1, -0.05) is 11.8 Å². The first-order chi connectivity index (χ1) is 10.6. The van der Waals surface area contributed by atoms with E-state index in [1.807, 2.05) is 20.2 Å². The number of hydrogen-bond acceptors (Lipinski definition) is 7. The summed E-state index contributed by atoms with van der Waals surface area (Å²) < 4.78 is 0. The van der Waals surface area contributed by atoms with Gasteiger partial charge >= 0.3 is 0 Å². The third-order valence-electron chi connectivity index (χ3n) is 3.48. The van der Waals surface area contributed by atoms with Gasteiger partial charge < -0.3 is 25.3 Å². The zero-order chi connectivity index (χ0) is 15.9. The first-order valence-corrected chi connectivity index (χ1v) is 7.32. The van der Waals surface area contributed by atoms with Gasteiger partial charge in [0, 0.05) is 25.2 Å². The molecule has 1 aromatic rings. The van der Waals surface area contributed by atoms with Crippen LogP contribution in [0.2, 0.25) is 0 Å². The maximum absolute atomic E-state index is 9.95. The number of nitrogens with one attached hydrogen (secondary N) is 1. The molecule has 0 amide bonds. The van der Waals surface area contributed by atoms with Crippen LogP contribution in [0.15, 0.2) is 12.4 Å². The summed E-state index contributed by atoms with van der Waals surface area (Å²) in [6.45, 7) is 1.72. The number of rotatable bonds is 5. The van der Waals surface area contributed by atoms with E-state index < -0.39 is 0 Å². The molecule has 2 heterocycles. The van der Waals surface area contributed by atoms with Crippen molar-refractivity contribution in [1.82, 2.24) is 14.9 Å². The molecular formula is C15H23N5O2. The van der Waals surface area contributed by atoms with Crippen LogP contribution in [0.4, 0.5) is 11.6 Å². The molecule has 7 nitrogen and oxygen atoms in total. The van der Waals surface area contributed by atoms with Gasteiger partial charge in [0.2, 0.25) is 0 Å². The highest BCUT2D eigenvalue weighted by Crippen LogP contribution is 2.25. The summed E-state index contributed by atoms with van der Waals surface area (Å²) in [5.74, 6) is 6.84. The molecule has 0 aromatic carbocycles. The van der Waals surface area contributed by atoms with Crippen molar-refractivity contribution in [3.8, 4) is 11.8 Å². The van der Waals surface area contributed by atoms with Gasteiger partial charge in [-0.15, -0.1) is 0 Å². The van der Waals surface area contributed by atoms with Crippen LogP contribution in [0.1, 0.15) is 6.42 Å². The normalized spacial score (nSPS) is 20.9. The zero-order valence-electron chi connectivity index (χ0n) is 13.0. The van der Waals surface area contributed by atoms with Gasteiger partial charge in [-0.05, 0) is 20.5 Å². The van der Waals surface area contributed by atoms with Crippen LogP contribution >= 0.6 is 0 Å². The van der Waals surface area contributed by atoms with Crippen LogP contribution in [-0.4, -0.2) is 77.6 Å². The lowest BCUT2D eigenvalue weighted by molar-refractivity contribution is 0.191. The van der Waals surface area contributed by atoms with Crippen molar-refractivity contribution in [3.63, 3.8) is 0 Å². The number of aliphatic hydroxyl groups is 2. The highest BCUT2D eigenvalue weighted by atomic mass is 16.3. The summed E-state index contributed by atoms with van der Waals surface area (Å²) >= 11 is 0. The minimum atomic E-state index is -0.327. The molecule has 0 saturated carbocycles. The van der Waals surface area contributed by atoms with E-state index >= 15 is 0 Å². The summed E-state index contributed by atoms with van der Waals surface area (Å²) in [6.07, 6.45) is 1.92. The number of likely N-dealkylation sites (N-methyl/N-ethyl adjacent to an activating group) is 1. The first-order valence-electron chi connectivity index (χ1n) is 7.32. The second-order valence-electron chi connectivity index (χ2n) is 5.58. The van der Waals surface area contributed by atoms with Crippen molar-refractivity contribution in [2.24, 2.45) is 0 Å². The van der Waals surface area contributed by atoms with E-state index in [2.05, 4.69) is 36.9 Å². The van der Waals surface area contributed by atoms with Crippen LogP contribution in [0.5, 0.6) is 0 Å². The number of nitrogens with zero attached hydrogens (tertiary/aromatic N) is 4. The fraction of sp³-hybridized carbons (Fsp3) is 0.600. The summed E-state index contributed by atoms with van der Waals surface area (Å²) in [6, 6.07) is 2.10. The summed E-state index contributed by atoms with van der Waals surface area (Å²) in [5.41, 5.74) is 0. The molecule has 1 aliphatic heterocycles. The number of β-amino-alcohol motifs (C(OH)–C–C–N with tert-alkyl or cyclic N) is 1. The minimum Gasteiger partial charge on any atom is -0.391 e. The van der Waals surface area contributed by atoms with Crippen molar-refractivity contribution < 1.29 is 10.2 Å². The van der Waals surface area contributed by atoms with E-state index in [-0.39, 0.29) is 18.8 Å². The Hall–Kier alpha value is -1.88. The number of aliphatic hydroxyl groups excluding tert-OH is 2. The molecule has 0 unspecified atom stereocenters. The van der Waals surface area contributed by atoms with Crippen LogP contribution in [0, 0.1) is 11.8 Å². The molecule has 1 saturated heterocycles. The van der Waals surface area contributed by atoms with E-state index in [0.29, 0.717) is 18.9 Å². The van der Waals surface area contributed by atoms with Crippen LogP contribution < -0.4 is 10.2 Å². The molecule has 7 heteroatoms. The van der Waals surface area contributed by atoms with E-state index in [1.54, 1.807) is 0 Å². The molecule has 22 heavy (non-hydrogen) atoms. The highest BCUT2D eigenvalue weighted by Gasteiger charge is 2.32. The molecule has 0 radical (unpaired) electrons. The Morgan fingerprint density at radius 2 is 2.23 bits per heavy atom. The standard InChI is InChI=1S/C15H23N5O2/c1-19(2)9-12-7-13(22)10-20(12)15-8-14(17-11-18-15)16-5-3-4-6-21/h8,11-13,21-22H,5-7,9-10H2,1-2H3,(H,16,17,18)/t12-,13-/m1/s1.